The minimum atomic E-state index is 0. The summed E-state index contributed by atoms with van der Waals surface area (Å²) >= 11 is 11.7. The molecule has 0 aliphatic rings. The van der Waals surface area contributed by atoms with Crippen LogP contribution in [0.4, 0.5) is 5.69 Å². The lowest BCUT2D eigenvalue weighted by Crippen LogP contribution is -2.29. The average molecular weight is 457 g/mol. The first-order valence-electron chi connectivity index (χ1n) is 9.71. The highest BCUT2D eigenvalue weighted by Crippen LogP contribution is 2.32. The number of alkyl halides is 2. The molecular weight excluding hydrogens is 429 g/mol. The summed E-state index contributed by atoms with van der Waals surface area (Å²) < 4.78 is 5.42. The molecule has 0 atom stereocenters. The molecule has 0 aliphatic carbocycles. The average Bonchev–Trinajstić information content (AvgIpc) is 2.72. The molecule has 2 aromatic carbocycles. The number of hydrogen-bond donors (Lipinski definition) is 1. The maximum absolute atomic E-state index is 5.87. The SMILES string of the molecule is COc1ccc2nc3ccccc3c(NCCCCN(CCCl)CCCl)c2c1.Cl. The summed E-state index contributed by atoms with van der Waals surface area (Å²) in [6.07, 6.45) is 2.17. The summed E-state index contributed by atoms with van der Waals surface area (Å²) in [6.45, 7) is 3.70. The van der Waals surface area contributed by atoms with E-state index in [1.165, 1.54) is 0 Å². The van der Waals surface area contributed by atoms with Crippen LogP contribution in [0.5, 0.6) is 5.75 Å². The predicted molar refractivity (Wildman–Crippen MR) is 129 cm³/mol. The largest absolute Gasteiger partial charge is 0.497 e. The Balaban J connectivity index is 0.00000300. The summed E-state index contributed by atoms with van der Waals surface area (Å²) in [7, 11) is 1.69. The van der Waals surface area contributed by atoms with Crippen LogP contribution in [0.15, 0.2) is 42.5 Å². The Labute approximate surface area is 188 Å². The lowest BCUT2D eigenvalue weighted by Gasteiger charge is -2.20. The maximum atomic E-state index is 5.87. The van der Waals surface area contributed by atoms with Crippen molar-refractivity contribution >= 4 is 63.1 Å². The van der Waals surface area contributed by atoms with Crippen LogP contribution in [0.1, 0.15) is 12.8 Å². The lowest BCUT2D eigenvalue weighted by atomic mass is 10.1. The highest BCUT2D eigenvalue weighted by atomic mass is 35.5. The van der Waals surface area contributed by atoms with Gasteiger partial charge in [0.2, 0.25) is 0 Å². The molecule has 0 radical (unpaired) electrons. The molecule has 1 heterocycles. The van der Waals surface area contributed by atoms with Gasteiger partial charge in [-0.25, -0.2) is 4.98 Å². The van der Waals surface area contributed by atoms with Gasteiger partial charge in [-0.3, -0.25) is 0 Å². The van der Waals surface area contributed by atoms with Crippen molar-refractivity contribution in [2.75, 3.05) is 50.4 Å². The molecule has 0 saturated carbocycles. The lowest BCUT2D eigenvalue weighted by molar-refractivity contribution is 0.301. The third-order valence-electron chi connectivity index (χ3n) is 4.89. The Hall–Kier alpha value is -1.46. The zero-order valence-corrected chi connectivity index (χ0v) is 19.0. The van der Waals surface area contributed by atoms with Crippen LogP contribution in [0.2, 0.25) is 0 Å². The van der Waals surface area contributed by atoms with Crippen molar-refractivity contribution in [1.82, 2.24) is 9.88 Å². The molecular formula is C22H28Cl3N3O. The van der Waals surface area contributed by atoms with Crippen molar-refractivity contribution in [1.29, 1.82) is 0 Å². The number of pyridine rings is 1. The van der Waals surface area contributed by atoms with Crippen LogP contribution in [0.25, 0.3) is 21.8 Å². The van der Waals surface area contributed by atoms with Crippen molar-refractivity contribution in [3.63, 3.8) is 0 Å². The number of hydrogen-bond acceptors (Lipinski definition) is 4. The Morgan fingerprint density at radius 3 is 2.38 bits per heavy atom. The van der Waals surface area contributed by atoms with Gasteiger partial charge in [0, 0.05) is 42.2 Å². The van der Waals surface area contributed by atoms with Gasteiger partial charge in [-0.05, 0) is 43.7 Å². The van der Waals surface area contributed by atoms with Crippen LogP contribution in [0, 0.1) is 0 Å². The smallest absolute Gasteiger partial charge is 0.119 e. The van der Waals surface area contributed by atoms with Crippen LogP contribution >= 0.6 is 35.6 Å². The van der Waals surface area contributed by atoms with E-state index in [4.69, 9.17) is 32.9 Å². The van der Waals surface area contributed by atoms with Gasteiger partial charge in [-0.1, -0.05) is 18.2 Å². The molecule has 158 valence electrons. The van der Waals surface area contributed by atoms with E-state index < -0.39 is 0 Å². The Kier molecular flexibility index (Phi) is 10.1. The molecule has 4 nitrogen and oxygen atoms in total. The molecule has 0 spiro atoms. The van der Waals surface area contributed by atoms with Crippen LogP contribution < -0.4 is 10.1 Å². The fraction of sp³-hybridized carbons (Fsp3) is 0.409. The summed E-state index contributed by atoms with van der Waals surface area (Å²) in [5.74, 6) is 2.13. The summed E-state index contributed by atoms with van der Waals surface area (Å²) in [5.41, 5.74) is 3.09. The van der Waals surface area contributed by atoms with E-state index in [0.717, 1.165) is 72.3 Å². The molecule has 3 aromatic rings. The molecule has 1 aromatic heterocycles. The van der Waals surface area contributed by atoms with Gasteiger partial charge in [0.25, 0.3) is 0 Å². The molecule has 0 unspecified atom stereocenters. The van der Waals surface area contributed by atoms with E-state index in [1.807, 2.05) is 18.2 Å². The second kappa shape index (κ2) is 12.3. The summed E-state index contributed by atoms with van der Waals surface area (Å²) in [4.78, 5) is 7.12. The second-order valence-electron chi connectivity index (χ2n) is 6.74. The highest BCUT2D eigenvalue weighted by Gasteiger charge is 2.10. The number of nitrogens with one attached hydrogen (secondary N) is 1. The Bertz CT molecular complexity index is 901. The monoisotopic (exact) mass is 455 g/mol. The number of benzene rings is 2. The third kappa shape index (κ3) is 6.26. The molecule has 0 amide bonds. The zero-order valence-electron chi connectivity index (χ0n) is 16.7. The number of methoxy groups -OCH3 is 1. The number of aromatic nitrogens is 1. The van der Waals surface area contributed by atoms with E-state index in [1.54, 1.807) is 7.11 Å². The van der Waals surface area contributed by atoms with Crippen LogP contribution in [0.3, 0.4) is 0 Å². The van der Waals surface area contributed by atoms with E-state index in [2.05, 4.69) is 34.5 Å². The molecule has 0 aliphatic heterocycles. The molecule has 0 saturated heterocycles. The fourth-order valence-electron chi connectivity index (χ4n) is 3.44. The number of rotatable bonds is 11. The Morgan fingerprint density at radius 1 is 0.931 bits per heavy atom. The topological polar surface area (TPSA) is 37.4 Å². The number of anilines is 1. The molecule has 3 rings (SSSR count). The summed E-state index contributed by atoms with van der Waals surface area (Å²) in [5, 5.41) is 5.87. The van der Waals surface area contributed by atoms with E-state index in [0.29, 0.717) is 11.8 Å². The zero-order chi connectivity index (χ0) is 19.8. The van der Waals surface area contributed by atoms with E-state index in [-0.39, 0.29) is 12.4 Å². The van der Waals surface area contributed by atoms with Gasteiger partial charge in [-0.15, -0.1) is 35.6 Å². The molecule has 1 N–H and O–H groups in total. The first-order chi connectivity index (χ1) is 13.8. The third-order valence-corrected chi connectivity index (χ3v) is 5.23. The van der Waals surface area contributed by atoms with E-state index in [9.17, 15) is 0 Å². The van der Waals surface area contributed by atoms with Crippen molar-refractivity contribution in [2.45, 2.75) is 12.8 Å². The van der Waals surface area contributed by atoms with Gasteiger partial charge in [0.05, 0.1) is 23.8 Å². The second-order valence-corrected chi connectivity index (χ2v) is 7.50. The standard InChI is InChI=1S/C22H27Cl2N3O.ClH/c1-28-17-8-9-21-19(16-17)22(18-6-2-3-7-20(18)26-21)25-12-4-5-13-27(14-10-23)15-11-24;/h2-3,6-9,16H,4-5,10-15H2,1H3,(H,25,26);1H. The number of unbranched alkanes of at least 4 members (excludes halogenated alkanes) is 1. The van der Waals surface area contributed by atoms with Crippen molar-refractivity contribution in [2.24, 2.45) is 0 Å². The quantitative estimate of drug-likeness (QED) is 0.225. The van der Waals surface area contributed by atoms with E-state index >= 15 is 0 Å². The Morgan fingerprint density at radius 2 is 1.66 bits per heavy atom. The molecule has 0 fully saturated rings. The molecule has 29 heavy (non-hydrogen) atoms. The van der Waals surface area contributed by atoms with Gasteiger partial charge < -0.3 is 15.0 Å². The number of ether oxygens (including phenoxy) is 1. The maximum Gasteiger partial charge on any atom is 0.119 e. The van der Waals surface area contributed by atoms with Gasteiger partial charge in [0.15, 0.2) is 0 Å². The minimum absolute atomic E-state index is 0. The van der Waals surface area contributed by atoms with Gasteiger partial charge in [-0.2, -0.15) is 0 Å². The number of fused-ring (bicyclic) bond motifs is 2. The fourth-order valence-corrected chi connectivity index (χ4v) is 3.91. The first kappa shape index (κ1) is 23.8. The highest BCUT2D eigenvalue weighted by molar-refractivity contribution is 6.18. The normalized spacial score (nSPS) is 11.0. The number of halogens is 3. The van der Waals surface area contributed by atoms with Gasteiger partial charge >= 0.3 is 0 Å². The number of para-hydroxylation sites is 1. The summed E-state index contributed by atoms with van der Waals surface area (Å²) in [6, 6.07) is 14.3. The predicted octanol–water partition coefficient (Wildman–Crippen LogP) is 5.79. The van der Waals surface area contributed by atoms with Gasteiger partial charge in [0.1, 0.15) is 5.75 Å². The number of nitrogens with zero attached hydrogens (tertiary/aromatic N) is 2. The van der Waals surface area contributed by atoms with Crippen molar-refractivity contribution in [3.8, 4) is 5.75 Å². The molecule has 7 heteroatoms. The molecule has 0 bridgehead atoms. The van der Waals surface area contributed by atoms with Crippen LogP contribution in [-0.4, -0.2) is 54.9 Å². The minimum Gasteiger partial charge on any atom is -0.497 e. The van der Waals surface area contributed by atoms with Crippen molar-refractivity contribution in [3.05, 3.63) is 42.5 Å². The van der Waals surface area contributed by atoms with Crippen LogP contribution in [-0.2, 0) is 0 Å². The first-order valence-corrected chi connectivity index (χ1v) is 10.8. The van der Waals surface area contributed by atoms with Crippen molar-refractivity contribution < 1.29 is 4.74 Å².